The van der Waals surface area contributed by atoms with Crippen molar-refractivity contribution in [2.24, 2.45) is 0 Å². The Morgan fingerprint density at radius 3 is 3.00 bits per heavy atom. The van der Waals surface area contributed by atoms with Gasteiger partial charge in [0.2, 0.25) is 5.01 Å². The minimum absolute atomic E-state index is 0.199. The molecular formula is C14H20N2O4S. The van der Waals surface area contributed by atoms with Crippen molar-refractivity contribution in [2.75, 3.05) is 20.3 Å². The molecule has 1 atom stereocenters. The Morgan fingerprint density at radius 2 is 2.29 bits per heavy atom. The molecule has 116 valence electrons. The molecule has 0 N–H and O–H groups in total. The summed E-state index contributed by atoms with van der Waals surface area (Å²) < 4.78 is 9.79. The second kappa shape index (κ2) is 7.51. The highest BCUT2D eigenvalue weighted by Crippen LogP contribution is 2.21. The molecule has 1 aliphatic heterocycles. The number of aromatic nitrogens is 1. The van der Waals surface area contributed by atoms with Gasteiger partial charge in [0.1, 0.15) is 6.04 Å². The second-order valence-electron chi connectivity index (χ2n) is 4.87. The van der Waals surface area contributed by atoms with Gasteiger partial charge in [0.15, 0.2) is 0 Å². The summed E-state index contributed by atoms with van der Waals surface area (Å²) in [5, 5.41) is 2.20. The highest BCUT2D eigenvalue weighted by molar-refractivity contribution is 7.11. The minimum Gasteiger partial charge on any atom is -0.468 e. The molecule has 1 aromatic heterocycles. The van der Waals surface area contributed by atoms with E-state index < -0.39 is 5.97 Å². The summed E-state index contributed by atoms with van der Waals surface area (Å²) in [6, 6.07) is -0.212. The van der Waals surface area contributed by atoms with Crippen molar-refractivity contribution in [2.45, 2.75) is 38.8 Å². The Kier molecular flexibility index (Phi) is 5.69. The van der Waals surface area contributed by atoms with Crippen molar-refractivity contribution in [3.8, 4) is 0 Å². The summed E-state index contributed by atoms with van der Waals surface area (Å²) >= 11 is 1.27. The Labute approximate surface area is 128 Å². The molecule has 0 bridgehead atoms. The van der Waals surface area contributed by atoms with E-state index in [1.54, 1.807) is 6.92 Å². The first-order chi connectivity index (χ1) is 10.2. The van der Waals surface area contributed by atoms with Gasteiger partial charge in [-0.1, -0.05) is 6.42 Å². The minimum atomic E-state index is -0.392. The van der Waals surface area contributed by atoms with E-state index in [9.17, 15) is 9.59 Å². The number of carbonyl (C=O) groups is 2. The van der Waals surface area contributed by atoms with Crippen molar-refractivity contribution in [3.63, 3.8) is 0 Å². The molecule has 1 aliphatic rings. The highest BCUT2D eigenvalue weighted by atomic mass is 32.1. The molecule has 0 aliphatic carbocycles. The van der Waals surface area contributed by atoms with E-state index >= 15 is 0 Å². The van der Waals surface area contributed by atoms with Gasteiger partial charge in [-0.05, 0) is 26.3 Å². The molecule has 0 radical (unpaired) electrons. The zero-order chi connectivity index (χ0) is 15.2. The maximum absolute atomic E-state index is 11.8. The topological polar surface area (TPSA) is 68.7 Å². The third kappa shape index (κ3) is 4.01. The predicted octanol–water partition coefficient (Wildman–Crippen LogP) is 1.85. The number of rotatable bonds is 5. The zero-order valence-corrected chi connectivity index (χ0v) is 13.1. The number of ether oxygens (including phenoxy) is 2. The van der Waals surface area contributed by atoms with E-state index in [1.807, 2.05) is 5.38 Å². The van der Waals surface area contributed by atoms with Crippen LogP contribution in [-0.4, -0.2) is 48.1 Å². The Morgan fingerprint density at radius 1 is 1.48 bits per heavy atom. The molecule has 0 aromatic carbocycles. The van der Waals surface area contributed by atoms with Gasteiger partial charge >= 0.3 is 11.9 Å². The lowest BCUT2D eigenvalue weighted by atomic mass is 10.0. The fourth-order valence-corrected chi connectivity index (χ4v) is 3.16. The maximum Gasteiger partial charge on any atom is 0.367 e. The zero-order valence-electron chi connectivity index (χ0n) is 12.3. The average molecular weight is 312 g/mol. The van der Waals surface area contributed by atoms with E-state index in [0.717, 1.165) is 31.5 Å². The highest BCUT2D eigenvalue weighted by Gasteiger charge is 2.30. The number of methoxy groups -OCH3 is 1. The molecule has 1 fully saturated rings. The Bertz CT molecular complexity index is 503. The molecule has 1 aromatic rings. The van der Waals surface area contributed by atoms with Crippen LogP contribution in [0.1, 0.15) is 41.7 Å². The van der Waals surface area contributed by atoms with Crippen molar-refractivity contribution in [1.82, 2.24) is 9.88 Å². The molecular weight excluding hydrogens is 292 g/mol. The van der Waals surface area contributed by atoms with Crippen LogP contribution in [0.4, 0.5) is 0 Å². The molecule has 0 spiro atoms. The Hall–Kier alpha value is -1.47. The molecule has 2 heterocycles. The first-order valence-electron chi connectivity index (χ1n) is 7.09. The SMILES string of the molecule is CCOC(=O)c1nc(CN2CCCCC2C(=O)OC)cs1. The van der Waals surface area contributed by atoms with Gasteiger partial charge in [-0.3, -0.25) is 9.69 Å². The Balaban J connectivity index is 2.02. The number of hydrogen-bond donors (Lipinski definition) is 0. The maximum atomic E-state index is 11.8. The molecule has 1 unspecified atom stereocenters. The molecule has 1 saturated heterocycles. The van der Waals surface area contributed by atoms with E-state index in [1.165, 1.54) is 18.4 Å². The van der Waals surface area contributed by atoms with Gasteiger partial charge in [0, 0.05) is 11.9 Å². The molecule has 0 saturated carbocycles. The lowest BCUT2D eigenvalue weighted by Crippen LogP contribution is -2.44. The monoisotopic (exact) mass is 312 g/mol. The number of likely N-dealkylation sites (tertiary alicyclic amines) is 1. The summed E-state index contributed by atoms with van der Waals surface area (Å²) in [6.07, 6.45) is 2.89. The van der Waals surface area contributed by atoms with Crippen molar-refractivity contribution < 1.29 is 19.1 Å². The number of hydrogen-bond acceptors (Lipinski definition) is 7. The van der Waals surface area contributed by atoms with Crippen LogP contribution in [-0.2, 0) is 20.8 Å². The fraction of sp³-hybridized carbons (Fsp3) is 0.643. The van der Waals surface area contributed by atoms with E-state index in [2.05, 4.69) is 9.88 Å². The first kappa shape index (κ1) is 15.9. The van der Waals surface area contributed by atoms with Crippen LogP contribution in [0, 0.1) is 0 Å². The lowest BCUT2D eigenvalue weighted by molar-refractivity contribution is -0.148. The van der Waals surface area contributed by atoms with Crippen LogP contribution in [0.25, 0.3) is 0 Å². The van der Waals surface area contributed by atoms with Crippen LogP contribution in [0.2, 0.25) is 0 Å². The lowest BCUT2D eigenvalue weighted by Gasteiger charge is -2.33. The standard InChI is InChI=1S/C14H20N2O4S/c1-3-20-14(18)12-15-10(9-21-12)8-16-7-5-4-6-11(16)13(17)19-2/h9,11H,3-8H2,1-2H3. The van der Waals surface area contributed by atoms with Crippen molar-refractivity contribution in [1.29, 1.82) is 0 Å². The van der Waals surface area contributed by atoms with Crippen molar-refractivity contribution in [3.05, 3.63) is 16.1 Å². The number of piperidine rings is 1. The van der Waals surface area contributed by atoms with E-state index in [4.69, 9.17) is 9.47 Å². The third-order valence-corrected chi connectivity index (χ3v) is 4.32. The van der Waals surface area contributed by atoms with Gasteiger partial charge in [0.25, 0.3) is 0 Å². The number of thiazole rings is 1. The molecule has 21 heavy (non-hydrogen) atoms. The van der Waals surface area contributed by atoms with Gasteiger partial charge in [-0.15, -0.1) is 11.3 Å². The van der Waals surface area contributed by atoms with Gasteiger partial charge in [-0.25, -0.2) is 9.78 Å². The van der Waals surface area contributed by atoms with Gasteiger partial charge in [-0.2, -0.15) is 0 Å². The molecule has 6 nitrogen and oxygen atoms in total. The molecule has 7 heteroatoms. The third-order valence-electron chi connectivity index (χ3n) is 3.45. The quantitative estimate of drug-likeness (QED) is 0.773. The smallest absolute Gasteiger partial charge is 0.367 e. The number of nitrogens with zero attached hydrogens (tertiary/aromatic N) is 2. The normalized spacial score (nSPS) is 19.2. The van der Waals surface area contributed by atoms with Gasteiger partial charge in [0.05, 0.1) is 19.4 Å². The molecule has 0 amide bonds. The van der Waals surface area contributed by atoms with Crippen molar-refractivity contribution >= 4 is 23.3 Å². The predicted molar refractivity (Wildman–Crippen MR) is 78.1 cm³/mol. The van der Waals surface area contributed by atoms with E-state index in [0.29, 0.717) is 18.2 Å². The fourth-order valence-electron chi connectivity index (χ4n) is 2.46. The van der Waals surface area contributed by atoms with Crippen LogP contribution in [0.3, 0.4) is 0 Å². The van der Waals surface area contributed by atoms with Crippen LogP contribution < -0.4 is 0 Å². The number of esters is 2. The van der Waals surface area contributed by atoms with Crippen LogP contribution in [0.5, 0.6) is 0 Å². The summed E-state index contributed by atoms with van der Waals surface area (Å²) in [7, 11) is 1.41. The summed E-state index contributed by atoms with van der Waals surface area (Å²) in [4.78, 5) is 29.8. The first-order valence-corrected chi connectivity index (χ1v) is 7.97. The van der Waals surface area contributed by atoms with E-state index in [-0.39, 0.29) is 12.0 Å². The summed E-state index contributed by atoms with van der Waals surface area (Å²) in [5.41, 5.74) is 0.791. The summed E-state index contributed by atoms with van der Waals surface area (Å²) in [5.74, 6) is -0.590. The van der Waals surface area contributed by atoms with Gasteiger partial charge < -0.3 is 9.47 Å². The number of carbonyl (C=O) groups excluding carboxylic acids is 2. The molecule has 2 rings (SSSR count). The average Bonchev–Trinajstić information content (AvgIpc) is 2.96. The van der Waals surface area contributed by atoms with Crippen LogP contribution >= 0.6 is 11.3 Å². The van der Waals surface area contributed by atoms with Crippen LogP contribution in [0.15, 0.2) is 5.38 Å². The second-order valence-corrected chi connectivity index (χ2v) is 5.73. The summed E-state index contributed by atoms with van der Waals surface area (Å²) in [6.45, 7) is 3.49. The largest absolute Gasteiger partial charge is 0.468 e.